The summed E-state index contributed by atoms with van der Waals surface area (Å²) in [5.41, 5.74) is 1.76. The number of rotatable bonds is 7. The maximum Gasteiger partial charge on any atom is 0.263 e. The van der Waals surface area contributed by atoms with Gasteiger partial charge < -0.3 is 14.8 Å². The number of benzene rings is 1. The van der Waals surface area contributed by atoms with E-state index in [9.17, 15) is 4.79 Å². The second-order valence-electron chi connectivity index (χ2n) is 7.16. The third-order valence-corrected chi connectivity index (χ3v) is 5.83. The summed E-state index contributed by atoms with van der Waals surface area (Å²) in [4.78, 5) is 20.2. The van der Waals surface area contributed by atoms with E-state index < -0.39 is 0 Å². The Morgan fingerprint density at radius 3 is 2.61 bits per heavy atom. The van der Waals surface area contributed by atoms with Gasteiger partial charge in [-0.25, -0.2) is 4.98 Å². The van der Waals surface area contributed by atoms with E-state index in [0.29, 0.717) is 18.0 Å². The van der Waals surface area contributed by atoms with Gasteiger partial charge in [-0.1, -0.05) is 0 Å². The molecule has 6 nitrogen and oxygen atoms in total. The minimum atomic E-state index is -0.0541. The minimum absolute atomic E-state index is 0.0541. The Bertz CT molecular complexity index is 781. The number of aromatic nitrogens is 1. The highest BCUT2D eigenvalue weighted by atomic mass is 32.1. The summed E-state index contributed by atoms with van der Waals surface area (Å²) < 4.78 is 11.2. The van der Waals surface area contributed by atoms with E-state index in [0.717, 1.165) is 41.6 Å². The van der Waals surface area contributed by atoms with Crippen molar-refractivity contribution in [2.45, 2.75) is 39.9 Å². The Balaban J connectivity index is 1.57. The second-order valence-corrected chi connectivity index (χ2v) is 8.16. The van der Waals surface area contributed by atoms with Gasteiger partial charge in [-0.3, -0.25) is 9.69 Å². The van der Waals surface area contributed by atoms with Gasteiger partial charge >= 0.3 is 0 Å². The number of nitrogens with zero attached hydrogens (tertiary/aromatic N) is 2. The van der Waals surface area contributed by atoms with Crippen LogP contribution in [0.4, 0.5) is 0 Å². The van der Waals surface area contributed by atoms with Gasteiger partial charge in [0.2, 0.25) is 0 Å². The molecular formula is C21H29N3O3S. The van der Waals surface area contributed by atoms with Crippen molar-refractivity contribution >= 4 is 17.2 Å². The summed E-state index contributed by atoms with van der Waals surface area (Å²) in [7, 11) is 0. The summed E-state index contributed by atoms with van der Waals surface area (Å²) in [6.07, 6.45) is 0.472. The fourth-order valence-electron chi connectivity index (χ4n) is 3.47. The normalized spacial score (nSPS) is 20.1. The van der Waals surface area contributed by atoms with Crippen molar-refractivity contribution in [3.63, 3.8) is 0 Å². The Kier molecular flexibility index (Phi) is 7.04. The Labute approximate surface area is 170 Å². The number of hydrogen-bond donors (Lipinski definition) is 1. The highest BCUT2D eigenvalue weighted by Crippen LogP contribution is 2.29. The van der Waals surface area contributed by atoms with Crippen LogP contribution in [0.3, 0.4) is 0 Å². The molecule has 1 aliphatic heterocycles. The molecule has 1 N–H and O–H groups in total. The molecule has 1 fully saturated rings. The first-order valence-corrected chi connectivity index (χ1v) is 10.6. The molecular weight excluding hydrogens is 374 g/mol. The van der Waals surface area contributed by atoms with Crippen LogP contribution in [0.2, 0.25) is 0 Å². The highest BCUT2D eigenvalue weighted by Gasteiger charge is 2.22. The highest BCUT2D eigenvalue weighted by molar-refractivity contribution is 7.17. The fraction of sp³-hybridized carbons (Fsp3) is 0.524. The van der Waals surface area contributed by atoms with Crippen molar-refractivity contribution in [3.8, 4) is 16.3 Å². The van der Waals surface area contributed by atoms with E-state index in [2.05, 4.69) is 29.0 Å². The van der Waals surface area contributed by atoms with Crippen LogP contribution in [0.1, 0.15) is 36.1 Å². The van der Waals surface area contributed by atoms with Crippen LogP contribution in [0, 0.1) is 6.92 Å². The van der Waals surface area contributed by atoms with Gasteiger partial charge in [-0.2, -0.15) is 0 Å². The molecule has 7 heteroatoms. The molecule has 0 spiro atoms. The van der Waals surface area contributed by atoms with Crippen molar-refractivity contribution < 1.29 is 14.3 Å². The molecule has 0 aliphatic carbocycles. The number of morpholine rings is 1. The molecule has 1 saturated heterocycles. The smallest absolute Gasteiger partial charge is 0.263 e. The molecule has 2 heterocycles. The molecule has 1 aromatic carbocycles. The lowest BCUT2D eigenvalue weighted by atomic mass is 10.2. The van der Waals surface area contributed by atoms with E-state index in [1.165, 1.54) is 11.3 Å². The van der Waals surface area contributed by atoms with Crippen molar-refractivity contribution in [1.29, 1.82) is 0 Å². The molecule has 28 heavy (non-hydrogen) atoms. The van der Waals surface area contributed by atoms with Crippen molar-refractivity contribution in [1.82, 2.24) is 15.2 Å². The third-order valence-electron chi connectivity index (χ3n) is 4.62. The molecule has 0 saturated carbocycles. The maximum atomic E-state index is 12.6. The van der Waals surface area contributed by atoms with E-state index in [1.807, 2.05) is 38.1 Å². The van der Waals surface area contributed by atoms with Crippen molar-refractivity contribution in [2.24, 2.45) is 0 Å². The van der Waals surface area contributed by atoms with E-state index >= 15 is 0 Å². The van der Waals surface area contributed by atoms with E-state index in [-0.39, 0.29) is 18.1 Å². The molecule has 2 unspecified atom stereocenters. The van der Waals surface area contributed by atoms with Crippen molar-refractivity contribution in [3.05, 3.63) is 34.8 Å². The number of ether oxygens (including phenoxy) is 2. The maximum absolute atomic E-state index is 12.6. The van der Waals surface area contributed by atoms with Crippen LogP contribution in [0.25, 0.3) is 10.6 Å². The van der Waals surface area contributed by atoms with E-state index in [4.69, 9.17) is 9.47 Å². The van der Waals surface area contributed by atoms with Crippen LogP contribution in [0.15, 0.2) is 24.3 Å². The number of amides is 1. The number of carbonyl (C=O) groups excluding carboxylic acids is 1. The summed E-state index contributed by atoms with van der Waals surface area (Å²) in [6.45, 7) is 11.9. The lowest BCUT2D eigenvalue weighted by Gasteiger charge is -2.35. The van der Waals surface area contributed by atoms with Gasteiger partial charge in [0, 0.05) is 31.7 Å². The number of aryl methyl sites for hydroxylation is 1. The molecule has 0 bridgehead atoms. The Hall–Kier alpha value is -1.96. The topological polar surface area (TPSA) is 63.7 Å². The average molecular weight is 404 g/mol. The monoisotopic (exact) mass is 403 g/mol. The molecule has 152 valence electrons. The first kappa shape index (κ1) is 20.8. The minimum Gasteiger partial charge on any atom is -0.494 e. The van der Waals surface area contributed by atoms with Gasteiger partial charge in [0.15, 0.2) is 0 Å². The quantitative estimate of drug-likeness (QED) is 0.768. The predicted octanol–water partition coefficient (Wildman–Crippen LogP) is 3.36. The largest absolute Gasteiger partial charge is 0.494 e. The van der Waals surface area contributed by atoms with Crippen LogP contribution >= 0.6 is 11.3 Å². The van der Waals surface area contributed by atoms with Gasteiger partial charge in [-0.05, 0) is 52.0 Å². The molecule has 3 rings (SSSR count). The van der Waals surface area contributed by atoms with Gasteiger partial charge in [0.25, 0.3) is 5.91 Å². The lowest BCUT2D eigenvalue weighted by Crippen LogP contribution is -2.47. The Morgan fingerprint density at radius 2 is 1.96 bits per heavy atom. The molecule has 2 aromatic rings. The van der Waals surface area contributed by atoms with Gasteiger partial charge in [-0.15, -0.1) is 11.3 Å². The van der Waals surface area contributed by atoms with Crippen LogP contribution in [-0.2, 0) is 4.74 Å². The van der Waals surface area contributed by atoms with Gasteiger partial charge in [0.05, 0.1) is 24.5 Å². The molecule has 2 atom stereocenters. The third kappa shape index (κ3) is 5.31. The van der Waals surface area contributed by atoms with Crippen LogP contribution in [0.5, 0.6) is 5.75 Å². The Morgan fingerprint density at radius 1 is 1.29 bits per heavy atom. The standard InChI is InChI=1S/C21H29N3O3S/c1-5-26-18-8-6-17(7-9-18)21-23-16(4)19(28-21)20(25)22-10-11-24-12-14(2)27-15(3)13-24/h6-9,14-15H,5,10-13H2,1-4H3,(H,22,25). The number of hydrogen-bond acceptors (Lipinski definition) is 6. The summed E-state index contributed by atoms with van der Waals surface area (Å²) >= 11 is 1.43. The first-order chi connectivity index (χ1) is 13.5. The zero-order valence-electron chi connectivity index (χ0n) is 17.0. The summed E-state index contributed by atoms with van der Waals surface area (Å²) in [5.74, 6) is 0.783. The van der Waals surface area contributed by atoms with Crippen LogP contribution < -0.4 is 10.1 Å². The summed E-state index contributed by atoms with van der Waals surface area (Å²) in [5, 5.41) is 3.89. The van der Waals surface area contributed by atoms with Crippen LogP contribution in [-0.4, -0.2) is 60.8 Å². The fourth-order valence-corrected chi connectivity index (χ4v) is 4.45. The molecule has 0 radical (unpaired) electrons. The lowest BCUT2D eigenvalue weighted by molar-refractivity contribution is -0.0672. The van der Waals surface area contributed by atoms with E-state index in [1.54, 1.807) is 0 Å². The summed E-state index contributed by atoms with van der Waals surface area (Å²) in [6, 6.07) is 7.82. The number of carbonyl (C=O) groups is 1. The number of nitrogens with one attached hydrogen (secondary N) is 1. The first-order valence-electron chi connectivity index (χ1n) is 9.83. The zero-order valence-corrected chi connectivity index (χ0v) is 17.8. The molecule has 1 amide bonds. The molecule has 1 aliphatic rings. The number of thiazole rings is 1. The molecule has 1 aromatic heterocycles. The zero-order chi connectivity index (χ0) is 20.1. The van der Waals surface area contributed by atoms with Gasteiger partial charge in [0.1, 0.15) is 15.6 Å². The van der Waals surface area contributed by atoms with Crippen molar-refractivity contribution in [2.75, 3.05) is 32.8 Å². The second kappa shape index (κ2) is 9.49. The average Bonchev–Trinajstić information content (AvgIpc) is 3.03. The SMILES string of the molecule is CCOc1ccc(-c2nc(C)c(C(=O)NCCN3CC(C)OC(C)C3)s2)cc1. The predicted molar refractivity (Wildman–Crippen MR) is 112 cm³/mol.